The van der Waals surface area contributed by atoms with E-state index in [0.717, 1.165) is 30.6 Å². The average Bonchev–Trinajstić information content (AvgIpc) is 3.52. The summed E-state index contributed by atoms with van der Waals surface area (Å²) in [6, 6.07) is 17.8. The standard InChI is InChI=1S/C23H25N3O3/c1-28-20-9-5-8-19(16-20)22-24-21(29-25-22)13-15-26(23(27)18-10-11-18)14-12-17-6-3-2-4-7-17/h2-9,16,18H,10-15H2,1H3. The average molecular weight is 391 g/mol. The van der Waals surface area contributed by atoms with Gasteiger partial charge in [-0.1, -0.05) is 47.6 Å². The van der Waals surface area contributed by atoms with Crippen molar-refractivity contribution in [3.8, 4) is 17.1 Å². The molecular formula is C23H25N3O3. The van der Waals surface area contributed by atoms with E-state index >= 15 is 0 Å². The molecule has 2 aromatic carbocycles. The lowest BCUT2D eigenvalue weighted by Gasteiger charge is -2.22. The van der Waals surface area contributed by atoms with Gasteiger partial charge in [0.25, 0.3) is 0 Å². The molecule has 150 valence electrons. The number of nitrogens with zero attached hydrogens (tertiary/aromatic N) is 3. The molecule has 1 amide bonds. The van der Waals surface area contributed by atoms with Crippen molar-refractivity contribution in [2.45, 2.75) is 25.7 Å². The molecule has 6 heteroatoms. The fourth-order valence-corrected chi connectivity index (χ4v) is 3.30. The molecule has 0 N–H and O–H groups in total. The smallest absolute Gasteiger partial charge is 0.228 e. The van der Waals surface area contributed by atoms with Gasteiger partial charge in [0, 0.05) is 31.0 Å². The summed E-state index contributed by atoms with van der Waals surface area (Å²) < 4.78 is 10.7. The molecular weight excluding hydrogens is 366 g/mol. The maximum atomic E-state index is 12.7. The van der Waals surface area contributed by atoms with Crippen molar-refractivity contribution < 1.29 is 14.1 Å². The molecule has 6 nitrogen and oxygen atoms in total. The van der Waals surface area contributed by atoms with Gasteiger partial charge < -0.3 is 14.2 Å². The van der Waals surface area contributed by atoms with E-state index in [0.29, 0.717) is 31.2 Å². The van der Waals surface area contributed by atoms with Crippen LogP contribution < -0.4 is 4.74 Å². The predicted molar refractivity (Wildman–Crippen MR) is 109 cm³/mol. The molecule has 0 spiro atoms. The lowest BCUT2D eigenvalue weighted by molar-refractivity contribution is -0.132. The fourth-order valence-electron chi connectivity index (χ4n) is 3.30. The van der Waals surface area contributed by atoms with Crippen LogP contribution >= 0.6 is 0 Å². The second kappa shape index (κ2) is 8.90. The molecule has 1 saturated carbocycles. The van der Waals surface area contributed by atoms with Crippen molar-refractivity contribution in [1.82, 2.24) is 15.0 Å². The molecule has 3 aromatic rings. The highest BCUT2D eigenvalue weighted by molar-refractivity contribution is 5.81. The molecule has 1 fully saturated rings. The van der Waals surface area contributed by atoms with Gasteiger partial charge >= 0.3 is 0 Å². The second-order valence-electron chi connectivity index (χ2n) is 7.33. The largest absolute Gasteiger partial charge is 0.497 e. The molecule has 1 aromatic heterocycles. The van der Waals surface area contributed by atoms with Crippen LogP contribution in [0.5, 0.6) is 5.75 Å². The summed E-state index contributed by atoms with van der Waals surface area (Å²) in [4.78, 5) is 19.1. The van der Waals surface area contributed by atoms with Gasteiger partial charge in [0.05, 0.1) is 7.11 Å². The summed E-state index contributed by atoms with van der Waals surface area (Å²) in [7, 11) is 1.63. The van der Waals surface area contributed by atoms with E-state index in [1.165, 1.54) is 5.56 Å². The zero-order valence-corrected chi connectivity index (χ0v) is 16.6. The number of carbonyl (C=O) groups excluding carboxylic acids is 1. The fraction of sp³-hybridized carbons (Fsp3) is 0.348. The molecule has 29 heavy (non-hydrogen) atoms. The number of amides is 1. The molecule has 1 aliphatic carbocycles. The number of ether oxygens (including phenoxy) is 1. The SMILES string of the molecule is COc1cccc(-c2noc(CCN(CCc3ccccc3)C(=O)C3CC3)n2)c1. The van der Waals surface area contributed by atoms with Gasteiger partial charge in [-0.15, -0.1) is 0 Å². The van der Waals surface area contributed by atoms with E-state index in [1.54, 1.807) is 7.11 Å². The number of methoxy groups -OCH3 is 1. The van der Waals surface area contributed by atoms with Crippen LogP contribution in [0.25, 0.3) is 11.4 Å². The second-order valence-corrected chi connectivity index (χ2v) is 7.33. The highest BCUT2D eigenvalue weighted by Crippen LogP contribution is 2.31. The monoisotopic (exact) mass is 391 g/mol. The van der Waals surface area contributed by atoms with Gasteiger partial charge in [-0.05, 0) is 37.0 Å². The Kier molecular flexibility index (Phi) is 5.89. The summed E-state index contributed by atoms with van der Waals surface area (Å²) in [6.45, 7) is 1.29. The third-order valence-electron chi connectivity index (χ3n) is 5.14. The Labute approximate surface area is 170 Å². The summed E-state index contributed by atoms with van der Waals surface area (Å²) >= 11 is 0. The van der Waals surface area contributed by atoms with Crippen molar-refractivity contribution in [3.63, 3.8) is 0 Å². The van der Waals surface area contributed by atoms with E-state index in [2.05, 4.69) is 22.3 Å². The van der Waals surface area contributed by atoms with Gasteiger partial charge in [0.15, 0.2) is 0 Å². The molecule has 0 atom stereocenters. The van der Waals surface area contributed by atoms with Crippen LogP contribution in [0.1, 0.15) is 24.3 Å². The number of benzene rings is 2. The van der Waals surface area contributed by atoms with Crippen LogP contribution in [0.15, 0.2) is 59.1 Å². The quantitative estimate of drug-likeness (QED) is 0.555. The first-order valence-electron chi connectivity index (χ1n) is 10.0. The normalized spacial score (nSPS) is 13.3. The summed E-state index contributed by atoms with van der Waals surface area (Å²) in [5.41, 5.74) is 2.08. The van der Waals surface area contributed by atoms with Crippen molar-refractivity contribution in [1.29, 1.82) is 0 Å². The van der Waals surface area contributed by atoms with Crippen molar-refractivity contribution in [2.24, 2.45) is 5.92 Å². The van der Waals surface area contributed by atoms with Gasteiger partial charge in [-0.3, -0.25) is 4.79 Å². The minimum atomic E-state index is 0.195. The molecule has 0 bridgehead atoms. The van der Waals surface area contributed by atoms with Crippen molar-refractivity contribution in [2.75, 3.05) is 20.2 Å². The Morgan fingerprint density at radius 1 is 1.10 bits per heavy atom. The summed E-state index contributed by atoms with van der Waals surface area (Å²) in [5, 5.41) is 4.08. The van der Waals surface area contributed by atoms with Gasteiger partial charge in [0.2, 0.25) is 17.6 Å². The zero-order valence-electron chi connectivity index (χ0n) is 16.6. The molecule has 0 radical (unpaired) electrons. The lowest BCUT2D eigenvalue weighted by atomic mass is 10.1. The highest BCUT2D eigenvalue weighted by Gasteiger charge is 2.33. The first-order valence-corrected chi connectivity index (χ1v) is 10.0. The first-order chi connectivity index (χ1) is 14.2. The minimum absolute atomic E-state index is 0.195. The molecule has 0 aliphatic heterocycles. The van der Waals surface area contributed by atoms with E-state index in [-0.39, 0.29) is 11.8 Å². The zero-order chi connectivity index (χ0) is 20.1. The molecule has 0 saturated heterocycles. The van der Waals surface area contributed by atoms with Crippen molar-refractivity contribution in [3.05, 3.63) is 66.1 Å². The number of carbonyl (C=O) groups is 1. The van der Waals surface area contributed by atoms with Crippen LogP contribution in [0, 0.1) is 5.92 Å². The van der Waals surface area contributed by atoms with E-state index in [9.17, 15) is 4.79 Å². The van der Waals surface area contributed by atoms with Crippen LogP contribution in [-0.4, -0.2) is 41.1 Å². The Morgan fingerprint density at radius 3 is 2.66 bits per heavy atom. The number of hydrogen-bond donors (Lipinski definition) is 0. The maximum absolute atomic E-state index is 12.7. The van der Waals surface area contributed by atoms with E-state index in [4.69, 9.17) is 9.26 Å². The summed E-state index contributed by atoms with van der Waals surface area (Å²) in [6.07, 6.45) is 3.39. The summed E-state index contributed by atoms with van der Waals surface area (Å²) in [5.74, 6) is 2.25. The maximum Gasteiger partial charge on any atom is 0.228 e. The molecule has 4 rings (SSSR count). The molecule has 1 aliphatic rings. The third-order valence-corrected chi connectivity index (χ3v) is 5.14. The predicted octanol–water partition coefficient (Wildman–Crippen LogP) is 3.77. The van der Waals surface area contributed by atoms with Crippen LogP contribution in [0.3, 0.4) is 0 Å². The topological polar surface area (TPSA) is 68.5 Å². The Balaban J connectivity index is 1.39. The van der Waals surface area contributed by atoms with Crippen molar-refractivity contribution >= 4 is 5.91 Å². The van der Waals surface area contributed by atoms with E-state index in [1.807, 2.05) is 47.4 Å². The molecule has 0 unspecified atom stereocenters. The Morgan fingerprint density at radius 2 is 1.90 bits per heavy atom. The number of rotatable bonds is 9. The lowest BCUT2D eigenvalue weighted by Crippen LogP contribution is -2.35. The Hall–Kier alpha value is -3.15. The highest BCUT2D eigenvalue weighted by atomic mass is 16.5. The van der Waals surface area contributed by atoms with E-state index < -0.39 is 0 Å². The first kappa shape index (κ1) is 19.2. The number of aromatic nitrogens is 2. The third kappa shape index (κ3) is 5.02. The van der Waals surface area contributed by atoms with Gasteiger partial charge in [-0.2, -0.15) is 4.98 Å². The van der Waals surface area contributed by atoms with Gasteiger partial charge in [-0.25, -0.2) is 0 Å². The molecule has 1 heterocycles. The van der Waals surface area contributed by atoms with Gasteiger partial charge in [0.1, 0.15) is 5.75 Å². The Bertz CT molecular complexity index is 951. The van der Waals surface area contributed by atoms with Crippen LogP contribution in [0.2, 0.25) is 0 Å². The number of hydrogen-bond acceptors (Lipinski definition) is 5. The van der Waals surface area contributed by atoms with Crippen LogP contribution in [0.4, 0.5) is 0 Å². The minimum Gasteiger partial charge on any atom is -0.497 e. The van der Waals surface area contributed by atoms with Crippen LogP contribution in [-0.2, 0) is 17.6 Å².